The van der Waals surface area contributed by atoms with Gasteiger partial charge in [0.05, 0.1) is 34.2 Å². The third-order valence-electron chi connectivity index (χ3n) is 7.26. The highest BCUT2D eigenvalue weighted by molar-refractivity contribution is 7.13. The van der Waals surface area contributed by atoms with Crippen molar-refractivity contribution < 1.29 is 9.18 Å². The molecule has 10 heteroatoms. The second kappa shape index (κ2) is 11.2. The molecule has 8 nitrogen and oxygen atoms in total. The predicted octanol–water partition coefficient (Wildman–Crippen LogP) is 7.56. The number of amides is 1. The van der Waals surface area contributed by atoms with Gasteiger partial charge in [0.25, 0.3) is 0 Å². The Morgan fingerprint density at radius 2 is 1.88 bits per heavy atom. The molecule has 7 aromatic rings. The number of hydrogen-bond acceptors (Lipinski definition) is 6. The number of anilines is 1. The van der Waals surface area contributed by atoms with Crippen LogP contribution in [-0.4, -0.2) is 36.0 Å². The number of halogens is 1. The van der Waals surface area contributed by atoms with E-state index in [1.165, 1.54) is 6.07 Å². The number of nitrogens with one attached hydrogen (secondary N) is 3. The molecule has 0 saturated carbocycles. The van der Waals surface area contributed by atoms with Crippen molar-refractivity contribution in [1.29, 1.82) is 0 Å². The number of H-pyrrole nitrogens is 2. The lowest BCUT2D eigenvalue weighted by atomic mass is 9.98. The molecule has 5 heterocycles. The Morgan fingerprint density at radius 1 is 1.00 bits per heavy atom. The predicted molar refractivity (Wildman–Crippen MR) is 168 cm³/mol. The van der Waals surface area contributed by atoms with Crippen LogP contribution < -0.4 is 5.32 Å². The lowest BCUT2D eigenvalue weighted by Gasteiger charge is -2.10. The SMILES string of the molecule is CCCc1cc(-c2cncc(NC(=O)Cc3ccccc3)c2)cc2c(-c3nc4c(-c5ccc(F)s5)nccc4[nH]3)[nH]nc12. The van der Waals surface area contributed by atoms with Gasteiger partial charge in [0, 0.05) is 23.3 Å². The molecule has 212 valence electrons. The minimum Gasteiger partial charge on any atom is -0.337 e. The normalized spacial score (nSPS) is 11.4. The van der Waals surface area contributed by atoms with E-state index in [1.807, 2.05) is 42.5 Å². The van der Waals surface area contributed by atoms with E-state index in [-0.39, 0.29) is 17.5 Å². The summed E-state index contributed by atoms with van der Waals surface area (Å²) in [5.41, 5.74) is 8.21. The number of carbonyl (C=O) groups is 1. The first-order valence-corrected chi connectivity index (χ1v) is 14.8. The fourth-order valence-corrected chi connectivity index (χ4v) is 6.05. The Morgan fingerprint density at radius 3 is 2.70 bits per heavy atom. The first-order chi connectivity index (χ1) is 21.1. The summed E-state index contributed by atoms with van der Waals surface area (Å²) in [7, 11) is 0. The summed E-state index contributed by atoms with van der Waals surface area (Å²) < 4.78 is 13.8. The minimum absolute atomic E-state index is 0.103. The van der Waals surface area contributed by atoms with Gasteiger partial charge in [-0.2, -0.15) is 9.49 Å². The largest absolute Gasteiger partial charge is 0.337 e. The molecular weight excluding hydrogens is 561 g/mol. The molecule has 1 amide bonds. The Kier molecular flexibility index (Phi) is 6.96. The Balaban J connectivity index is 1.27. The number of aromatic nitrogens is 6. The zero-order valence-electron chi connectivity index (χ0n) is 23.2. The maximum absolute atomic E-state index is 13.8. The lowest BCUT2D eigenvalue weighted by molar-refractivity contribution is -0.115. The Bertz CT molecular complexity index is 2100. The average molecular weight is 588 g/mol. The number of benzene rings is 2. The zero-order valence-corrected chi connectivity index (χ0v) is 24.0. The number of nitrogens with zero attached hydrogens (tertiary/aromatic N) is 4. The number of imidazole rings is 1. The van der Waals surface area contributed by atoms with Crippen LogP contribution in [-0.2, 0) is 17.6 Å². The van der Waals surface area contributed by atoms with Crippen molar-refractivity contribution in [2.75, 3.05) is 5.32 Å². The van der Waals surface area contributed by atoms with Gasteiger partial charge in [0.2, 0.25) is 5.91 Å². The van der Waals surface area contributed by atoms with Crippen molar-refractivity contribution in [2.45, 2.75) is 26.2 Å². The molecule has 5 aromatic heterocycles. The molecule has 0 fully saturated rings. The van der Waals surface area contributed by atoms with Gasteiger partial charge in [-0.05, 0) is 59.5 Å². The quantitative estimate of drug-likeness (QED) is 0.170. The highest BCUT2D eigenvalue weighted by Gasteiger charge is 2.19. The molecule has 0 aliphatic heterocycles. The van der Waals surface area contributed by atoms with Gasteiger partial charge in [-0.1, -0.05) is 43.7 Å². The lowest BCUT2D eigenvalue weighted by Crippen LogP contribution is -2.14. The van der Waals surface area contributed by atoms with Crippen molar-refractivity contribution >= 4 is 44.9 Å². The summed E-state index contributed by atoms with van der Waals surface area (Å²) in [5, 5.41) is 11.5. The van der Waals surface area contributed by atoms with Gasteiger partial charge in [-0.25, -0.2) is 4.98 Å². The molecule has 0 unspecified atom stereocenters. The van der Waals surface area contributed by atoms with Crippen LogP contribution in [0.15, 0.2) is 85.3 Å². The van der Waals surface area contributed by atoms with Crippen LogP contribution in [0.4, 0.5) is 10.1 Å². The molecule has 0 aliphatic carbocycles. The highest BCUT2D eigenvalue weighted by atomic mass is 32.1. The third kappa shape index (κ3) is 5.28. The molecule has 43 heavy (non-hydrogen) atoms. The Hall–Kier alpha value is -5.22. The standard InChI is InChI=1S/C33H26FN7OS/c1-2-6-20-14-21(22-15-23(18-35-17-22)37-28(42)13-19-7-4-3-5-8-19)16-24-29(20)40-41-30(24)33-38-25-11-12-36-32(31(25)39-33)26-9-10-27(34)43-26/h3-5,7-12,14-18H,2,6,13H2,1H3,(H,37,42)(H,38,39)(H,40,41). The van der Waals surface area contributed by atoms with Crippen molar-refractivity contribution in [3.63, 3.8) is 0 Å². The molecule has 0 spiro atoms. The summed E-state index contributed by atoms with van der Waals surface area (Å²) in [6.07, 6.45) is 7.22. The van der Waals surface area contributed by atoms with Crippen LogP contribution >= 0.6 is 11.3 Å². The van der Waals surface area contributed by atoms with E-state index in [0.717, 1.165) is 68.5 Å². The number of rotatable bonds is 8. The summed E-state index contributed by atoms with van der Waals surface area (Å²) in [6, 6.07) is 20.8. The molecule has 0 radical (unpaired) electrons. The van der Waals surface area contributed by atoms with Crippen LogP contribution in [0, 0.1) is 5.13 Å². The molecule has 3 N–H and O–H groups in total. The summed E-state index contributed by atoms with van der Waals surface area (Å²) in [5.74, 6) is 0.511. The van der Waals surface area contributed by atoms with Crippen LogP contribution in [0.5, 0.6) is 0 Å². The third-order valence-corrected chi connectivity index (χ3v) is 8.14. The number of hydrogen-bond donors (Lipinski definition) is 3. The number of aryl methyl sites for hydroxylation is 1. The number of thiophene rings is 1. The van der Waals surface area contributed by atoms with E-state index in [4.69, 9.17) is 4.98 Å². The molecular formula is C33H26FN7OS. The van der Waals surface area contributed by atoms with E-state index in [2.05, 4.69) is 49.5 Å². The fraction of sp³-hybridized carbons (Fsp3) is 0.121. The van der Waals surface area contributed by atoms with E-state index in [1.54, 1.807) is 24.7 Å². The summed E-state index contributed by atoms with van der Waals surface area (Å²) in [6.45, 7) is 2.14. The van der Waals surface area contributed by atoms with Gasteiger partial charge >= 0.3 is 0 Å². The zero-order chi connectivity index (χ0) is 29.3. The van der Waals surface area contributed by atoms with Crippen molar-refractivity contribution in [3.8, 4) is 33.2 Å². The number of pyridine rings is 2. The first-order valence-electron chi connectivity index (χ1n) is 14.0. The van der Waals surface area contributed by atoms with Gasteiger partial charge in [-0.15, -0.1) is 11.3 Å². The second-order valence-electron chi connectivity index (χ2n) is 10.3. The van der Waals surface area contributed by atoms with Crippen LogP contribution in [0.2, 0.25) is 0 Å². The molecule has 2 aromatic carbocycles. The van der Waals surface area contributed by atoms with E-state index < -0.39 is 0 Å². The smallest absolute Gasteiger partial charge is 0.228 e. The average Bonchev–Trinajstić information content (AvgIpc) is 3.75. The van der Waals surface area contributed by atoms with Gasteiger partial charge in [-0.3, -0.25) is 19.9 Å². The number of carbonyl (C=O) groups excluding carboxylic acids is 1. The molecule has 0 aliphatic rings. The number of fused-ring (bicyclic) bond motifs is 2. The second-order valence-corrected chi connectivity index (χ2v) is 11.3. The van der Waals surface area contributed by atoms with E-state index >= 15 is 0 Å². The van der Waals surface area contributed by atoms with Crippen molar-refractivity contribution in [3.05, 3.63) is 102 Å². The van der Waals surface area contributed by atoms with Gasteiger partial charge in [0.1, 0.15) is 16.9 Å². The molecule has 0 atom stereocenters. The minimum atomic E-state index is -0.269. The molecule has 0 bridgehead atoms. The fourth-order valence-electron chi connectivity index (χ4n) is 5.32. The monoisotopic (exact) mass is 587 g/mol. The molecule has 7 rings (SSSR count). The molecule has 0 saturated heterocycles. The van der Waals surface area contributed by atoms with Crippen LogP contribution in [0.1, 0.15) is 24.5 Å². The van der Waals surface area contributed by atoms with E-state index in [0.29, 0.717) is 27.6 Å². The number of aromatic amines is 2. The van der Waals surface area contributed by atoms with E-state index in [9.17, 15) is 9.18 Å². The maximum Gasteiger partial charge on any atom is 0.228 e. The summed E-state index contributed by atoms with van der Waals surface area (Å²) in [4.78, 5) is 30.6. The highest BCUT2D eigenvalue weighted by Crippen LogP contribution is 2.36. The van der Waals surface area contributed by atoms with Crippen molar-refractivity contribution in [2.24, 2.45) is 0 Å². The topological polar surface area (TPSA) is 112 Å². The maximum atomic E-state index is 13.8. The van der Waals surface area contributed by atoms with Crippen molar-refractivity contribution in [1.82, 2.24) is 30.1 Å². The van der Waals surface area contributed by atoms with Crippen LogP contribution in [0.3, 0.4) is 0 Å². The van der Waals surface area contributed by atoms with Crippen LogP contribution in [0.25, 0.3) is 55.2 Å². The summed E-state index contributed by atoms with van der Waals surface area (Å²) >= 11 is 1.04. The first kappa shape index (κ1) is 26.7. The van der Waals surface area contributed by atoms with Gasteiger partial charge in [0.15, 0.2) is 11.0 Å². The Labute approximate surface area is 250 Å². The van der Waals surface area contributed by atoms with Gasteiger partial charge < -0.3 is 10.3 Å².